The van der Waals surface area contributed by atoms with Gasteiger partial charge < -0.3 is 10.5 Å². The largest absolute Gasteiger partial charge is 0.458 e. The Morgan fingerprint density at radius 3 is 2.72 bits per heavy atom. The zero-order chi connectivity index (χ0) is 12.9. The Morgan fingerprint density at radius 2 is 2.11 bits per heavy atom. The molecule has 0 aromatic heterocycles. The van der Waals surface area contributed by atoms with Crippen LogP contribution in [0.3, 0.4) is 0 Å². The highest BCUT2D eigenvalue weighted by molar-refractivity contribution is 5.95. The van der Waals surface area contributed by atoms with Crippen molar-refractivity contribution in [2.24, 2.45) is 28.9 Å². The number of carbonyl (C=O) groups is 2. The number of hydrogen-bond acceptors (Lipinski definition) is 4. The maximum atomic E-state index is 12.0. The lowest BCUT2D eigenvalue weighted by molar-refractivity contribution is -0.193. The molecule has 4 fully saturated rings. The summed E-state index contributed by atoms with van der Waals surface area (Å²) in [5.74, 6) is 1.19. The summed E-state index contributed by atoms with van der Waals surface area (Å²) in [7, 11) is 0. The van der Waals surface area contributed by atoms with Crippen molar-refractivity contribution in [3.63, 3.8) is 0 Å². The van der Waals surface area contributed by atoms with E-state index in [-0.39, 0.29) is 22.9 Å². The summed E-state index contributed by atoms with van der Waals surface area (Å²) >= 11 is 0. The Morgan fingerprint density at radius 1 is 1.39 bits per heavy atom. The second kappa shape index (κ2) is 2.67. The van der Waals surface area contributed by atoms with Gasteiger partial charge in [0, 0.05) is 11.8 Å². The number of nitrogens with two attached hydrogens (primary N) is 1. The van der Waals surface area contributed by atoms with E-state index in [9.17, 15) is 9.59 Å². The van der Waals surface area contributed by atoms with Crippen molar-refractivity contribution in [2.45, 2.75) is 50.7 Å². The molecule has 18 heavy (non-hydrogen) atoms. The molecular formula is C14H19NO3. The molecule has 0 amide bonds. The van der Waals surface area contributed by atoms with Gasteiger partial charge in [-0.2, -0.15) is 0 Å². The smallest absolute Gasteiger partial charge is 0.326 e. The number of carbonyl (C=O) groups excluding carboxylic acids is 2. The third kappa shape index (κ3) is 0.954. The van der Waals surface area contributed by atoms with E-state index in [1.807, 2.05) is 0 Å². The van der Waals surface area contributed by atoms with Gasteiger partial charge in [-0.15, -0.1) is 0 Å². The van der Waals surface area contributed by atoms with Gasteiger partial charge in [0.2, 0.25) is 0 Å². The average molecular weight is 249 g/mol. The minimum Gasteiger partial charge on any atom is -0.458 e. The van der Waals surface area contributed by atoms with Crippen LogP contribution in [0.1, 0.15) is 39.5 Å². The van der Waals surface area contributed by atoms with Gasteiger partial charge in [-0.05, 0) is 50.9 Å². The van der Waals surface area contributed by atoms with Crippen LogP contribution in [-0.4, -0.2) is 22.9 Å². The number of ketones is 1. The van der Waals surface area contributed by atoms with E-state index in [2.05, 4.69) is 0 Å². The first-order chi connectivity index (χ1) is 8.29. The molecule has 4 rings (SSSR count). The maximum Gasteiger partial charge on any atom is 0.326 e. The highest BCUT2D eigenvalue weighted by Crippen LogP contribution is 2.81. The van der Waals surface area contributed by atoms with E-state index in [4.69, 9.17) is 10.5 Å². The molecule has 0 aliphatic heterocycles. The van der Waals surface area contributed by atoms with Crippen molar-refractivity contribution in [3.05, 3.63) is 0 Å². The molecule has 4 heteroatoms. The summed E-state index contributed by atoms with van der Waals surface area (Å²) in [4.78, 5) is 23.9. The third-order valence-corrected chi connectivity index (χ3v) is 5.92. The molecule has 0 heterocycles. The number of fused-ring (bicyclic) bond motifs is 1. The molecule has 2 N–H and O–H groups in total. The van der Waals surface area contributed by atoms with Crippen molar-refractivity contribution in [3.8, 4) is 0 Å². The van der Waals surface area contributed by atoms with Crippen LogP contribution < -0.4 is 5.73 Å². The first-order valence-corrected chi connectivity index (χ1v) is 6.85. The number of Topliss-reactive ketones (excluding diaryl/α,β-unsaturated/α-hetero) is 1. The molecule has 1 spiro atoms. The van der Waals surface area contributed by atoms with Crippen LogP contribution in [0, 0.1) is 23.2 Å². The van der Waals surface area contributed by atoms with Gasteiger partial charge in [-0.25, -0.2) is 0 Å². The molecule has 5 atom stereocenters. The molecule has 4 aliphatic carbocycles. The van der Waals surface area contributed by atoms with Crippen molar-refractivity contribution in [1.29, 1.82) is 0 Å². The Hall–Kier alpha value is -0.900. The summed E-state index contributed by atoms with van der Waals surface area (Å²) in [6.07, 6.45) is 3.64. The minimum atomic E-state index is -0.945. The van der Waals surface area contributed by atoms with Crippen LogP contribution in [0.25, 0.3) is 0 Å². The van der Waals surface area contributed by atoms with Crippen molar-refractivity contribution in [2.75, 3.05) is 0 Å². The maximum absolute atomic E-state index is 12.0. The van der Waals surface area contributed by atoms with Gasteiger partial charge in [0.1, 0.15) is 16.9 Å². The van der Waals surface area contributed by atoms with Crippen molar-refractivity contribution in [1.82, 2.24) is 0 Å². The molecular weight excluding hydrogens is 230 g/mol. The van der Waals surface area contributed by atoms with Crippen LogP contribution in [0.15, 0.2) is 0 Å². The summed E-state index contributed by atoms with van der Waals surface area (Å²) < 4.78 is 5.76. The Kier molecular flexibility index (Phi) is 1.63. The number of hydrogen-bond donors (Lipinski definition) is 1. The molecule has 0 aromatic carbocycles. The number of rotatable bonds is 2. The van der Waals surface area contributed by atoms with Crippen LogP contribution in [0.2, 0.25) is 0 Å². The summed E-state index contributed by atoms with van der Waals surface area (Å²) in [5, 5.41) is 0. The first kappa shape index (κ1) is 11.0. The summed E-state index contributed by atoms with van der Waals surface area (Å²) in [6.45, 7) is 3.34. The molecule has 4 saturated carbocycles. The molecule has 0 saturated heterocycles. The summed E-state index contributed by atoms with van der Waals surface area (Å²) in [6, 6.07) is 0. The third-order valence-electron chi connectivity index (χ3n) is 5.92. The van der Waals surface area contributed by atoms with E-state index in [0.29, 0.717) is 17.6 Å². The predicted octanol–water partition coefficient (Wildman–Crippen LogP) is 1.02. The lowest BCUT2D eigenvalue weighted by Crippen LogP contribution is -2.66. The predicted molar refractivity (Wildman–Crippen MR) is 63.5 cm³/mol. The zero-order valence-electron chi connectivity index (χ0n) is 10.9. The van der Waals surface area contributed by atoms with Gasteiger partial charge in [0.05, 0.1) is 0 Å². The van der Waals surface area contributed by atoms with Gasteiger partial charge in [-0.1, -0.05) is 0 Å². The molecule has 4 nitrogen and oxygen atoms in total. The lowest BCUT2D eigenvalue weighted by Gasteiger charge is -2.64. The van der Waals surface area contributed by atoms with E-state index in [1.54, 1.807) is 13.8 Å². The standard InChI is InChI=1S/C14H19NO3/c1-12(2,15)11(17)18-13-4-7-3-8-10(16)9(5-13)14(7,8)6-13/h7-9H,3-6,15H2,1-2H3. The second-order valence-corrected chi connectivity index (χ2v) is 7.43. The molecule has 5 unspecified atom stereocenters. The van der Waals surface area contributed by atoms with Crippen molar-refractivity contribution < 1.29 is 14.3 Å². The van der Waals surface area contributed by atoms with Crippen LogP contribution in [0.4, 0.5) is 0 Å². The van der Waals surface area contributed by atoms with Gasteiger partial charge >= 0.3 is 5.97 Å². The van der Waals surface area contributed by atoms with Gasteiger partial charge in [0.15, 0.2) is 0 Å². The summed E-state index contributed by atoms with van der Waals surface area (Å²) in [5.41, 5.74) is 4.71. The fourth-order valence-electron chi connectivity index (χ4n) is 5.18. The van der Waals surface area contributed by atoms with E-state index < -0.39 is 5.54 Å². The quantitative estimate of drug-likeness (QED) is 0.742. The van der Waals surface area contributed by atoms with Gasteiger partial charge in [-0.3, -0.25) is 9.59 Å². The monoisotopic (exact) mass is 249 g/mol. The Bertz CT molecular complexity index is 480. The normalized spacial score (nSPS) is 51.5. The number of esters is 1. The van der Waals surface area contributed by atoms with Crippen LogP contribution >= 0.6 is 0 Å². The zero-order valence-corrected chi connectivity index (χ0v) is 10.9. The Balaban J connectivity index is 1.61. The highest BCUT2D eigenvalue weighted by atomic mass is 16.6. The molecule has 98 valence electrons. The van der Waals surface area contributed by atoms with Crippen LogP contribution in [-0.2, 0) is 14.3 Å². The fraction of sp³-hybridized carbons (Fsp3) is 0.857. The average Bonchev–Trinajstić information content (AvgIpc) is 2.69. The molecule has 4 aliphatic rings. The SMILES string of the molecule is CC(C)(N)C(=O)OC12CC3CC4C(=O)C(C1)C34C2. The van der Waals surface area contributed by atoms with Crippen molar-refractivity contribution >= 4 is 11.8 Å². The minimum absolute atomic E-state index is 0.184. The van der Waals surface area contributed by atoms with Crippen LogP contribution in [0.5, 0.6) is 0 Å². The molecule has 0 aromatic rings. The fourth-order valence-corrected chi connectivity index (χ4v) is 5.18. The topological polar surface area (TPSA) is 69.4 Å². The molecule has 0 radical (unpaired) electrons. The van der Waals surface area contributed by atoms with Gasteiger partial charge in [0.25, 0.3) is 0 Å². The number of ether oxygens (including phenoxy) is 1. The van der Waals surface area contributed by atoms with E-state index in [1.165, 1.54) is 0 Å². The lowest BCUT2D eigenvalue weighted by atomic mass is 9.38. The Labute approximate surface area is 106 Å². The second-order valence-electron chi connectivity index (χ2n) is 7.43. The first-order valence-electron chi connectivity index (χ1n) is 6.85. The highest BCUT2D eigenvalue weighted by Gasteiger charge is 2.82. The van der Waals surface area contributed by atoms with E-state index in [0.717, 1.165) is 25.7 Å². The molecule has 2 bridgehead atoms. The van der Waals surface area contributed by atoms with E-state index >= 15 is 0 Å².